The van der Waals surface area contributed by atoms with Crippen molar-refractivity contribution in [3.05, 3.63) is 0 Å². The van der Waals surface area contributed by atoms with E-state index < -0.39 is 0 Å². The Morgan fingerprint density at radius 1 is 0.731 bits per heavy atom. The van der Waals surface area contributed by atoms with Crippen molar-refractivity contribution < 1.29 is 9.59 Å². The fourth-order valence-corrected chi connectivity index (χ4v) is 5.70. The van der Waals surface area contributed by atoms with Crippen molar-refractivity contribution in [2.45, 2.75) is 64.2 Å². The number of fused-ring (bicyclic) bond motifs is 4. The van der Waals surface area contributed by atoms with E-state index in [1.54, 1.807) is 0 Å². The molecule has 6 nitrogen and oxygen atoms in total. The van der Waals surface area contributed by atoms with Gasteiger partial charge in [0.2, 0.25) is 11.8 Å². The van der Waals surface area contributed by atoms with Gasteiger partial charge in [0.15, 0.2) is 0 Å². The Morgan fingerprint density at radius 3 is 1.54 bits per heavy atom. The normalized spacial score (nSPS) is 37.8. The van der Waals surface area contributed by atoms with Gasteiger partial charge in [-0.05, 0) is 74.0 Å². The number of hydrazone groups is 2. The van der Waals surface area contributed by atoms with E-state index in [-0.39, 0.29) is 24.7 Å². The van der Waals surface area contributed by atoms with Crippen molar-refractivity contribution in [2.75, 3.05) is 0 Å². The summed E-state index contributed by atoms with van der Waals surface area (Å²) >= 11 is 0. The minimum atomic E-state index is -0.211. The summed E-state index contributed by atoms with van der Waals surface area (Å²) in [4.78, 5) is 23.6. The van der Waals surface area contributed by atoms with Crippen molar-refractivity contribution in [3.8, 4) is 0 Å². The average molecular weight is 358 g/mol. The first-order valence-electron chi connectivity index (χ1n) is 10.3. The molecule has 0 aromatic carbocycles. The maximum Gasteiger partial charge on any atom is 0.240 e. The number of rotatable bonds is 7. The summed E-state index contributed by atoms with van der Waals surface area (Å²) in [6.45, 7) is 0. The molecule has 0 saturated heterocycles. The fraction of sp³-hybridized carbons (Fsp3) is 0.800. The molecule has 6 atom stereocenters. The first kappa shape index (κ1) is 17.7. The van der Waals surface area contributed by atoms with Crippen molar-refractivity contribution in [1.29, 1.82) is 0 Å². The standard InChI is InChI=1S/C20H30N4O2/c25-19(23-21-11-17-9-13-1-3-15(17)7-13)5-6-20(26)24-22-12-18-10-14-2-4-16(18)8-14/h11-18H,1-10H2,(H,23,25)(H,24,26)/b21-11-,22-12-/t13-,14-,15-,16-,17-,18-/m0/s1. The van der Waals surface area contributed by atoms with Crippen LogP contribution in [0.3, 0.4) is 0 Å². The lowest BCUT2D eigenvalue weighted by Crippen LogP contribution is -2.24. The summed E-state index contributed by atoms with van der Waals surface area (Å²) in [5, 5.41) is 8.20. The van der Waals surface area contributed by atoms with Crippen LogP contribution in [0.25, 0.3) is 0 Å². The Morgan fingerprint density at radius 2 is 1.19 bits per heavy atom. The highest BCUT2D eigenvalue weighted by Crippen LogP contribution is 2.48. The van der Waals surface area contributed by atoms with Gasteiger partial charge in [0.05, 0.1) is 0 Å². The summed E-state index contributed by atoms with van der Waals surface area (Å²) in [6, 6.07) is 0. The minimum Gasteiger partial charge on any atom is -0.273 e. The Kier molecular flexibility index (Phi) is 5.36. The smallest absolute Gasteiger partial charge is 0.240 e. The molecular formula is C20H30N4O2. The van der Waals surface area contributed by atoms with E-state index in [1.807, 2.05) is 12.4 Å². The van der Waals surface area contributed by atoms with Crippen LogP contribution in [-0.2, 0) is 9.59 Å². The molecular weight excluding hydrogens is 328 g/mol. The van der Waals surface area contributed by atoms with Crippen molar-refractivity contribution >= 4 is 24.2 Å². The zero-order valence-corrected chi connectivity index (χ0v) is 15.4. The highest BCUT2D eigenvalue weighted by atomic mass is 16.2. The van der Waals surface area contributed by atoms with E-state index in [2.05, 4.69) is 21.1 Å². The van der Waals surface area contributed by atoms with Gasteiger partial charge in [0, 0.05) is 25.3 Å². The van der Waals surface area contributed by atoms with Gasteiger partial charge in [0.1, 0.15) is 0 Å². The van der Waals surface area contributed by atoms with Crippen LogP contribution in [0.1, 0.15) is 64.2 Å². The number of carbonyl (C=O) groups excluding carboxylic acids is 2. The molecule has 6 heteroatoms. The summed E-state index contributed by atoms with van der Waals surface area (Å²) in [5.41, 5.74) is 5.11. The summed E-state index contributed by atoms with van der Waals surface area (Å²) in [7, 11) is 0. The van der Waals surface area contributed by atoms with Crippen LogP contribution >= 0.6 is 0 Å². The molecule has 4 aliphatic rings. The number of nitrogens with one attached hydrogen (secondary N) is 2. The van der Waals surface area contributed by atoms with Crippen molar-refractivity contribution in [3.63, 3.8) is 0 Å². The summed E-state index contributed by atoms with van der Waals surface area (Å²) in [5.74, 6) is 3.90. The molecule has 26 heavy (non-hydrogen) atoms. The highest BCUT2D eigenvalue weighted by molar-refractivity contribution is 5.84. The van der Waals surface area contributed by atoms with Gasteiger partial charge in [-0.15, -0.1) is 0 Å². The van der Waals surface area contributed by atoms with Gasteiger partial charge in [-0.2, -0.15) is 10.2 Å². The van der Waals surface area contributed by atoms with E-state index >= 15 is 0 Å². The topological polar surface area (TPSA) is 82.9 Å². The fourth-order valence-electron chi connectivity index (χ4n) is 5.70. The third-order valence-electron chi connectivity index (χ3n) is 7.08. The molecule has 4 rings (SSSR count). The quantitative estimate of drug-likeness (QED) is 0.542. The van der Waals surface area contributed by atoms with Gasteiger partial charge < -0.3 is 0 Å². The number of hydrogen-bond acceptors (Lipinski definition) is 4. The first-order chi connectivity index (χ1) is 12.7. The summed E-state index contributed by atoms with van der Waals surface area (Å²) < 4.78 is 0. The van der Waals surface area contributed by atoms with Gasteiger partial charge in [-0.25, -0.2) is 10.9 Å². The molecule has 0 spiro atoms. The van der Waals surface area contributed by atoms with E-state index in [4.69, 9.17) is 0 Å². The monoisotopic (exact) mass is 358 g/mol. The minimum absolute atomic E-state index is 0.142. The van der Waals surface area contributed by atoms with E-state index in [0.29, 0.717) is 11.8 Å². The predicted molar refractivity (Wildman–Crippen MR) is 100 cm³/mol. The van der Waals surface area contributed by atoms with Crippen LogP contribution < -0.4 is 10.9 Å². The van der Waals surface area contributed by atoms with E-state index in [0.717, 1.165) is 23.7 Å². The number of hydrogen-bond donors (Lipinski definition) is 2. The molecule has 0 unspecified atom stereocenters. The lowest BCUT2D eigenvalue weighted by Gasteiger charge is -2.16. The lowest BCUT2D eigenvalue weighted by molar-refractivity contribution is -0.126. The van der Waals surface area contributed by atoms with Crippen molar-refractivity contribution in [2.24, 2.45) is 45.7 Å². The SMILES string of the molecule is O=C(CCC(=O)N/N=C\[C@@H]1C[C@H]2CC[C@H]1C2)N/N=C\[C@@H]1C[C@H]2CC[C@H]1C2. The van der Waals surface area contributed by atoms with Crippen LogP contribution in [0.2, 0.25) is 0 Å². The van der Waals surface area contributed by atoms with Gasteiger partial charge in [-0.3, -0.25) is 9.59 Å². The van der Waals surface area contributed by atoms with Crippen LogP contribution in [-0.4, -0.2) is 24.2 Å². The Bertz CT molecular complexity index is 551. The second-order valence-electron chi connectivity index (χ2n) is 8.80. The van der Waals surface area contributed by atoms with Crippen LogP contribution in [0.4, 0.5) is 0 Å². The van der Waals surface area contributed by atoms with Crippen LogP contribution in [0.15, 0.2) is 10.2 Å². The molecule has 4 aliphatic carbocycles. The second-order valence-corrected chi connectivity index (χ2v) is 8.80. The largest absolute Gasteiger partial charge is 0.273 e. The lowest BCUT2D eigenvalue weighted by atomic mass is 9.90. The molecule has 4 fully saturated rings. The highest BCUT2D eigenvalue weighted by Gasteiger charge is 2.39. The Labute approximate surface area is 155 Å². The van der Waals surface area contributed by atoms with Gasteiger partial charge >= 0.3 is 0 Å². The molecule has 4 bridgehead atoms. The zero-order valence-electron chi connectivity index (χ0n) is 15.4. The molecule has 0 heterocycles. The Hall–Kier alpha value is -1.72. The maximum absolute atomic E-state index is 11.8. The molecule has 142 valence electrons. The molecule has 0 aromatic rings. The van der Waals surface area contributed by atoms with Crippen LogP contribution in [0, 0.1) is 35.5 Å². The molecule has 0 radical (unpaired) electrons. The Balaban J connectivity index is 1.09. The second kappa shape index (κ2) is 7.89. The van der Waals surface area contributed by atoms with Gasteiger partial charge in [0.25, 0.3) is 0 Å². The molecule has 2 amide bonds. The number of amides is 2. The number of carbonyl (C=O) groups is 2. The van der Waals surface area contributed by atoms with Gasteiger partial charge in [-0.1, -0.05) is 12.8 Å². The molecule has 2 N–H and O–H groups in total. The predicted octanol–water partition coefficient (Wildman–Crippen LogP) is 2.84. The number of nitrogens with zero attached hydrogens (tertiary/aromatic N) is 2. The van der Waals surface area contributed by atoms with E-state index in [1.165, 1.54) is 51.4 Å². The molecule has 0 aliphatic heterocycles. The first-order valence-corrected chi connectivity index (χ1v) is 10.3. The van der Waals surface area contributed by atoms with Crippen LogP contribution in [0.5, 0.6) is 0 Å². The third kappa shape index (κ3) is 4.15. The third-order valence-corrected chi connectivity index (χ3v) is 7.08. The van der Waals surface area contributed by atoms with Crippen molar-refractivity contribution in [1.82, 2.24) is 10.9 Å². The maximum atomic E-state index is 11.8. The zero-order chi connectivity index (χ0) is 17.9. The molecule has 0 aromatic heterocycles. The van der Waals surface area contributed by atoms with E-state index in [9.17, 15) is 9.59 Å². The molecule has 4 saturated carbocycles. The summed E-state index contributed by atoms with van der Waals surface area (Å²) in [6.07, 6.45) is 14.5. The average Bonchev–Trinajstić information content (AvgIpc) is 3.41.